The Labute approximate surface area is 176 Å². The highest BCUT2D eigenvalue weighted by Crippen LogP contribution is 2.09. The number of thiol groups is 1. The molecule has 168 valence electrons. The second kappa shape index (κ2) is 12.7. The normalized spacial score (nSPS) is 16.5. The monoisotopic (exact) mass is 434 g/mol. The lowest BCUT2D eigenvalue weighted by atomic mass is 9.99. The van der Waals surface area contributed by atoms with Crippen LogP contribution in [-0.4, -0.2) is 69.9 Å². The summed E-state index contributed by atoms with van der Waals surface area (Å²) in [7, 11) is 0. The molecule has 0 bridgehead atoms. The van der Waals surface area contributed by atoms with E-state index in [-0.39, 0.29) is 24.0 Å². The van der Waals surface area contributed by atoms with E-state index < -0.39 is 54.0 Å². The van der Waals surface area contributed by atoms with Gasteiger partial charge in [-0.2, -0.15) is 12.6 Å². The molecular weight excluding hydrogens is 400 g/mol. The SMILES string of the molecule is CC(C)CC(NC(=O)C(NC(=O)C(N)C(C)O)C(C)C)C(=O)NC(CS)C(=O)O. The van der Waals surface area contributed by atoms with E-state index in [2.05, 4.69) is 28.6 Å². The van der Waals surface area contributed by atoms with Crippen molar-refractivity contribution < 1.29 is 29.4 Å². The molecule has 0 aromatic heterocycles. The van der Waals surface area contributed by atoms with Crippen molar-refractivity contribution in [3.8, 4) is 0 Å². The van der Waals surface area contributed by atoms with Gasteiger partial charge in [-0.3, -0.25) is 14.4 Å². The van der Waals surface area contributed by atoms with Gasteiger partial charge in [0.05, 0.1) is 6.10 Å². The number of carboxylic acids is 1. The van der Waals surface area contributed by atoms with Crippen LogP contribution in [0.3, 0.4) is 0 Å². The zero-order chi connectivity index (χ0) is 22.9. The Morgan fingerprint density at radius 1 is 0.897 bits per heavy atom. The Kier molecular flexibility index (Phi) is 11.8. The van der Waals surface area contributed by atoms with Gasteiger partial charge in [-0.25, -0.2) is 4.79 Å². The van der Waals surface area contributed by atoms with Gasteiger partial charge < -0.3 is 31.9 Å². The molecule has 0 saturated heterocycles. The summed E-state index contributed by atoms with van der Waals surface area (Å²) in [4.78, 5) is 48.6. The predicted molar refractivity (Wildman–Crippen MR) is 111 cm³/mol. The fraction of sp³-hybridized carbons (Fsp3) is 0.778. The van der Waals surface area contributed by atoms with Gasteiger partial charge in [0, 0.05) is 5.75 Å². The average Bonchev–Trinajstić information content (AvgIpc) is 2.61. The Balaban J connectivity index is 5.36. The number of hydrogen-bond donors (Lipinski definition) is 7. The quantitative estimate of drug-likeness (QED) is 0.190. The van der Waals surface area contributed by atoms with Crippen LogP contribution in [-0.2, 0) is 19.2 Å². The molecule has 5 unspecified atom stereocenters. The lowest BCUT2D eigenvalue weighted by molar-refractivity contribution is -0.141. The third-order valence-corrected chi connectivity index (χ3v) is 4.57. The summed E-state index contributed by atoms with van der Waals surface area (Å²) >= 11 is 3.91. The molecule has 10 nitrogen and oxygen atoms in total. The maximum atomic E-state index is 12.8. The van der Waals surface area contributed by atoms with Gasteiger partial charge in [0.25, 0.3) is 0 Å². The Morgan fingerprint density at radius 2 is 1.41 bits per heavy atom. The molecule has 0 fully saturated rings. The van der Waals surface area contributed by atoms with Crippen LogP contribution in [0.1, 0.15) is 41.0 Å². The Bertz CT molecular complexity index is 585. The van der Waals surface area contributed by atoms with E-state index >= 15 is 0 Å². The minimum atomic E-state index is -1.23. The third-order valence-electron chi connectivity index (χ3n) is 4.21. The minimum Gasteiger partial charge on any atom is -0.480 e. The number of nitrogens with one attached hydrogen (secondary N) is 3. The summed E-state index contributed by atoms with van der Waals surface area (Å²) in [5.41, 5.74) is 5.60. The van der Waals surface area contributed by atoms with E-state index in [1.54, 1.807) is 13.8 Å². The Hall–Kier alpha value is -1.85. The molecule has 0 radical (unpaired) electrons. The van der Waals surface area contributed by atoms with Gasteiger partial charge in [0.1, 0.15) is 24.2 Å². The largest absolute Gasteiger partial charge is 0.480 e. The van der Waals surface area contributed by atoms with Gasteiger partial charge in [-0.15, -0.1) is 0 Å². The zero-order valence-electron chi connectivity index (χ0n) is 17.5. The number of hydrogen-bond acceptors (Lipinski definition) is 7. The lowest BCUT2D eigenvalue weighted by Gasteiger charge is -2.27. The average molecular weight is 435 g/mol. The number of carboxylic acid groups (broad SMARTS) is 1. The summed E-state index contributed by atoms with van der Waals surface area (Å²) in [6, 6.07) is -4.38. The van der Waals surface area contributed by atoms with E-state index in [0.717, 1.165) is 0 Å². The minimum absolute atomic E-state index is 0.0288. The topological polar surface area (TPSA) is 171 Å². The van der Waals surface area contributed by atoms with Gasteiger partial charge in [0.15, 0.2) is 0 Å². The maximum Gasteiger partial charge on any atom is 0.327 e. The van der Waals surface area contributed by atoms with E-state index in [0.29, 0.717) is 0 Å². The molecule has 5 atom stereocenters. The molecule has 0 aliphatic heterocycles. The van der Waals surface area contributed by atoms with Crippen LogP contribution in [0.25, 0.3) is 0 Å². The second-order valence-corrected chi connectivity index (χ2v) is 8.13. The highest BCUT2D eigenvalue weighted by atomic mass is 32.1. The second-order valence-electron chi connectivity index (χ2n) is 7.77. The third kappa shape index (κ3) is 9.46. The molecular formula is C18H34N4O6S. The molecule has 11 heteroatoms. The van der Waals surface area contributed by atoms with Crippen molar-refractivity contribution in [1.29, 1.82) is 0 Å². The molecule has 7 N–H and O–H groups in total. The first kappa shape index (κ1) is 27.1. The van der Waals surface area contributed by atoms with E-state index in [9.17, 15) is 24.3 Å². The van der Waals surface area contributed by atoms with Crippen molar-refractivity contribution >= 4 is 36.3 Å². The van der Waals surface area contributed by atoms with Crippen molar-refractivity contribution in [3.63, 3.8) is 0 Å². The number of carbonyl (C=O) groups excluding carboxylic acids is 3. The number of amides is 3. The summed E-state index contributed by atoms with van der Waals surface area (Å²) in [5.74, 6) is -3.59. The summed E-state index contributed by atoms with van der Waals surface area (Å²) in [6.45, 7) is 8.47. The van der Waals surface area contributed by atoms with Crippen molar-refractivity contribution in [1.82, 2.24) is 16.0 Å². The summed E-state index contributed by atoms with van der Waals surface area (Å²) < 4.78 is 0. The van der Waals surface area contributed by atoms with Gasteiger partial charge in [0.2, 0.25) is 17.7 Å². The van der Waals surface area contributed by atoms with E-state index in [4.69, 9.17) is 10.8 Å². The number of aliphatic hydroxyl groups excluding tert-OH is 1. The van der Waals surface area contributed by atoms with Crippen LogP contribution >= 0.6 is 12.6 Å². The van der Waals surface area contributed by atoms with E-state index in [1.165, 1.54) is 6.92 Å². The van der Waals surface area contributed by atoms with Crippen molar-refractivity contribution in [2.45, 2.75) is 71.3 Å². The van der Waals surface area contributed by atoms with Crippen LogP contribution in [0.15, 0.2) is 0 Å². The molecule has 0 heterocycles. The zero-order valence-corrected chi connectivity index (χ0v) is 18.4. The highest BCUT2D eigenvalue weighted by Gasteiger charge is 2.32. The standard InChI is InChI=1S/C18H34N4O6S/c1-8(2)6-11(15(24)21-12(7-29)18(27)28)20-17(26)14(9(3)4)22-16(25)13(19)10(5)23/h8-14,23,29H,6-7,19H2,1-5H3,(H,20,26)(H,21,24)(H,22,25)(H,27,28). The van der Waals surface area contributed by atoms with Gasteiger partial charge in [-0.05, 0) is 25.2 Å². The first-order chi connectivity index (χ1) is 13.3. The van der Waals surface area contributed by atoms with Crippen LogP contribution in [0.4, 0.5) is 0 Å². The Morgan fingerprint density at radius 3 is 1.79 bits per heavy atom. The molecule has 0 aromatic rings. The molecule has 0 spiro atoms. The van der Waals surface area contributed by atoms with Gasteiger partial charge >= 0.3 is 5.97 Å². The number of carbonyl (C=O) groups is 4. The molecule has 0 aliphatic carbocycles. The molecule has 0 aliphatic rings. The molecule has 0 rings (SSSR count). The predicted octanol–water partition coefficient (Wildman–Crippen LogP) is -1.13. The molecule has 0 aromatic carbocycles. The number of nitrogens with two attached hydrogens (primary N) is 1. The molecule has 29 heavy (non-hydrogen) atoms. The smallest absolute Gasteiger partial charge is 0.327 e. The van der Waals surface area contributed by atoms with Crippen molar-refractivity contribution in [3.05, 3.63) is 0 Å². The first-order valence-electron chi connectivity index (χ1n) is 9.50. The first-order valence-corrected chi connectivity index (χ1v) is 10.1. The van der Waals surface area contributed by atoms with Crippen molar-refractivity contribution in [2.24, 2.45) is 17.6 Å². The molecule has 0 saturated carbocycles. The van der Waals surface area contributed by atoms with E-state index in [1.807, 2.05) is 13.8 Å². The number of aliphatic hydroxyl groups is 1. The van der Waals surface area contributed by atoms with Crippen LogP contribution in [0.5, 0.6) is 0 Å². The number of aliphatic carboxylic acids is 1. The molecule has 3 amide bonds. The fourth-order valence-electron chi connectivity index (χ4n) is 2.43. The maximum absolute atomic E-state index is 12.8. The summed E-state index contributed by atoms with van der Waals surface area (Å²) in [6.07, 6.45) is -0.831. The van der Waals surface area contributed by atoms with Crippen LogP contribution < -0.4 is 21.7 Å². The summed E-state index contributed by atoms with van der Waals surface area (Å²) in [5, 5.41) is 26.0. The fourth-order valence-corrected chi connectivity index (χ4v) is 2.67. The highest BCUT2D eigenvalue weighted by molar-refractivity contribution is 7.80. The van der Waals surface area contributed by atoms with Crippen LogP contribution in [0.2, 0.25) is 0 Å². The van der Waals surface area contributed by atoms with Crippen LogP contribution in [0, 0.1) is 11.8 Å². The van der Waals surface area contributed by atoms with Crippen molar-refractivity contribution in [2.75, 3.05) is 5.75 Å². The number of rotatable bonds is 12. The van der Waals surface area contributed by atoms with Gasteiger partial charge in [-0.1, -0.05) is 27.7 Å². The lowest BCUT2D eigenvalue weighted by Crippen LogP contribution is -2.59.